The first-order valence-corrected chi connectivity index (χ1v) is 9.06. The van der Waals surface area contributed by atoms with Gasteiger partial charge in [-0.1, -0.05) is 18.2 Å². The summed E-state index contributed by atoms with van der Waals surface area (Å²) in [7, 11) is 0. The fourth-order valence-electron chi connectivity index (χ4n) is 3.73. The third-order valence-electron chi connectivity index (χ3n) is 5.00. The van der Waals surface area contributed by atoms with E-state index in [0.29, 0.717) is 26.3 Å². The molecule has 0 bridgehead atoms. The SMILES string of the molecule is C[C@H]1Cc2ccccc2N1C(=O)Cc1nc(N2CCOCC2)c(F)c(=O)[nH]1. The van der Waals surface area contributed by atoms with Crippen LogP contribution < -0.4 is 15.4 Å². The van der Waals surface area contributed by atoms with Crippen molar-refractivity contribution < 1.29 is 13.9 Å². The highest BCUT2D eigenvalue weighted by Crippen LogP contribution is 2.32. The standard InChI is InChI=1S/C19H21FN4O3/c1-12-10-13-4-2-3-5-14(13)24(12)16(25)11-15-21-18(17(20)19(26)22-15)23-6-8-27-9-7-23/h2-5,12H,6-11H2,1H3,(H,21,22,26)/t12-/m0/s1. The highest BCUT2D eigenvalue weighted by molar-refractivity contribution is 5.97. The van der Waals surface area contributed by atoms with E-state index in [1.807, 2.05) is 31.2 Å². The van der Waals surface area contributed by atoms with Crippen molar-refractivity contribution in [2.75, 3.05) is 36.1 Å². The number of halogens is 1. The van der Waals surface area contributed by atoms with E-state index in [9.17, 15) is 14.0 Å². The van der Waals surface area contributed by atoms with E-state index in [1.54, 1.807) is 9.80 Å². The summed E-state index contributed by atoms with van der Waals surface area (Å²) >= 11 is 0. The van der Waals surface area contributed by atoms with Gasteiger partial charge in [-0.3, -0.25) is 9.59 Å². The molecule has 4 rings (SSSR count). The van der Waals surface area contributed by atoms with Gasteiger partial charge in [0, 0.05) is 24.8 Å². The lowest BCUT2D eigenvalue weighted by Gasteiger charge is -2.28. The maximum absolute atomic E-state index is 14.3. The first-order valence-electron chi connectivity index (χ1n) is 9.06. The Bertz CT molecular complexity index is 923. The summed E-state index contributed by atoms with van der Waals surface area (Å²) in [5.74, 6) is -0.938. The van der Waals surface area contributed by atoms with Gasteiger partial charge in [0.25, 0.3) is 5.56 Å². The van der Waals surface area contributed by atoms with Crippen LogP contribution in [-0.2, 0) is 22.4 Å². The van der Waals surface area contributed by atoms with Crippen LogP contribution in [0.4, 0.5) is 15.9 Å². The van der Waals surface area contributed by atoms with Crippen molar-refractivity contribution in [3.05, 3.63) is 51.8 Å². The number of carbonyl (C=O) groups excluding carboxylic acids is 1. The van der Waals surface area contributed by atoms with Crippen LogP contribution in [0.3, 0.4) is 0 Å². The summed E-state index contributed by atoms with van der Waals surface area (Å²) in [4.78, 5) is 35.0. The van der Waals surface area contributed by atoms with Crippen molar-refractivity contribution >= 4 is 17.4 Å². The number of aromatic nitrogens is 2. The number of para-hydroxylation sites is 1. The van der Waals surface area contributed by atoms with E-state index < -0.39 is 11.4 Å². The summed E-state index contributed by atoms with van der Waals surface area (Å²) < 4.78 is 19.5. The van der Waals surface area contributed by atoms with Crippen LogP contribution >= 0.6 is 0 Å². The lowest BCUT2D eigenvalue weighted by atomic mass is 10.1. The van der Waals surface area contributed by atoms with E-state index in [2.05, 4.69) is 9.97 Å². The number of nitrogens with zero attached hydrogens (tertiary/aromatic N) is 3. The summed E-state index contributed by atoms with van der Waals surface area (Å²) in [5.41, 5.74) is 1.14. The number of hydrogen-bond donors (Lipinski definition) is 1. The van der Waals surface area contributed by atoms with E-state index in [1.165, 1.54) is 0 Å². The second kappa shape index (κ2) is 7.11. The predicted molar refractivity (Wildman–Crippen MR) is 98.6 cm³/mol. The van der Waals surface area contributed by atoms with Crippen molar-refractivity contribution in [1.29, 1.82) is 0 Å². The molecule has 1 amide bonds. The fourth-order valence-corrected chi connectivity index (χ4v) is 3.73. The number of ether oxygens (including phenoxy) is 1. The van der Waals surface area contributed by atoms with E-state index >= 15 is 0 Å². The smallest absolute Gasteiger partial charge is 0.289 e. The minimum atomic E-state index is -0.923. The van der Waals surface area contributed by atoms with Crippen molar-refractivity contribution in [2.45, 2.75) is 25.8 Å². The number of carbonyl (C=O) groups is 1. The lowest BCUT2D eigenvalue weighted by Crippen LogP contribution is -2.40. The number of aromatic amines is 1. The number of hydrogen-bond acceptors (Lipinski definition) is 5. The van der Waals surface area contributed by atoms with Crippen LogP contribution in [0, 0.1) is 5.82 Å². The molecule has 0 spiro atoms. The summed E-state index contributed by atoms with van der Waals surface area (Å²) in [6.07, 6.45) is 0.694. The molecule has 1 atom stereocenters. The van der Waals surface area contributed by atoms with Crippen molar-refractivity contribution in [3.63, 3.8) is 0 Å². The van der Waals surface area contributed by atoms with Gasteiger partial charge in [-0.2, -0.15) is 4.39 Å². The zero-order valence-electron chi connectivity index (χ0n) is 15.1. The number of benzene rings is 1. The van der Waals surface area contributed by atoms with Crippen LogP contribution in [0.1, 0.15) is 18.3 Å². The highest BCUT2D eigenvalue weighted by Gasteiger charge is 2.31. The summed E-state index contributed by atoms with van der Waals surface area (Å²) in [5, 5.41) is 0. The quantitative estimate of drug-likeness (QED) is 0.878. The molecule has 2 aromatic rings. The molecule has 1 aromatic carbocycles. The zero-order valence-corrected chi connectivity index (χ0v) is 15.1. The van der Waals surface area contributed by atoms with Gasteiger partial charge < -0.3 is 19.5 Å². The maximum atomic E-state index is 14.3. The molecule has 1 fully saturated rings. The molecule has 1 saturated heterocycles. The number of H-pyrrole nitrogens is 1. The Balaban J connectivity index is 1.60. The molecule has 7 nitrogen and oxygen atoms in total. The van der Waals surface area contributed by atoms with Crippen molar-refractivity contribution in [2.24, 2.45) is 0 Å². The van der Waals surface area contributed by atoms with Crippen molar-refractivity contribution in [3.8, 4) is 0 Å². The molecule has 2 aliphatic heterocycles. The minimum absolute atomic E-state index is 0.0141. The van der Waals surface area contributed by atoms with Crippen LogP contribution in [0.15, 0.2) is 29.1 Å². The molecule has 142 valence electrons. The normalized spacial score (nSPS) is 19.3. The molecule has 2 aliphatic rings. The number of morpholine rings is 1. The predicted octanol–water partition coefficient (Wildman–Crippen LogP) is 1.27. The van der Waals surface area contributed by atoms with Gasteiger partial charge in [-0.15, -0.1) is 0 Å². The van der Waals surface area contributed by atoms with Gasteiger partial charge in [0.15, 0.2) is 5.82 Å². The van der Waals surface area contributed by atoms with Gasteiger partial charge in [0.05, 0.1) is 19.6 Å². The van der Waals surface area contributed by atoms with Gasteiger partial charge in [0.2, 0.25) is 11.7 Å². The van der Waals surface area contributed by atoms with Crippen LogP contribution in [-0.4, -0.2) is 48.2 Å². The third kappa shape index (κ3) is 3.32. The first-order chi connectivity index (χ1) is 13.0. The zero-order chi connectivity index (χ0) is 19.0. The summed E-state index contributed by atoms with van der Waals surface area (Å²) in [6, 6.07) is 7.80. The average Bonchev–Trinajstić information content (AvgIpc) is 3.01. The summed E-state index contributed by atoms with van der Waals surface area (Å²) in [6.45, 7) is 3.79. The largest absolute Gasteiger partial charge is 0.378 e. The number of amides is 1. The number of nitrogens with one attached hydrogen (secondary N) is 1. The van der Waals surface area contributed by atoms with Gasteiger partial charge in [0.1, 0.15) is 5.82 Å². The van der Waals surface area contributed by atoms with Gasteiger partial charge >= 0.3 is 0 Å². The molecule has 8 heteroatoms. The van der Waals surface area contributed by atoms with Crippen molar-refractivity contribution in [1.82, 2.24) is 9.97 Å². The van der Waals surface area contributed by atoms with Crippen LogP contribution in [0.5, 0.6) is 0 Å². The Morgan fingerprint density at radius 3 is 2.85 bits per heavy atom. The Hall–Kier alpha value is -2.74. The van der Waals surface area contributed by atoms with E-state index in [0.717, 1.165) is 17.7 Å². The van der Waals surface area contributed by atoms with Gasteiger partial charge in [-0.05, 0) is 25.0 Å². The molecular formula is C19H21FN4O3. The third-order valence-corrected chi connectivity index (χ3v) is 5.00. The average molecular weight is 372 g/mol. The Morgan fingerprint density at radius 2 is 2.07 bits per heavy atom. The van der Waals surface area contributed by atoms with Gasteiger partial charge in [-0.25, -0.2) is 4.98 Å². The minimum Gasteiger partial charge on any atom is -0.378 e. The Labute approximate surface area is 155 Å². The second-order valence-corrected chi connectivity index (χ2v) is 6.87. The molecule has 3 heterocycles. The number of fused-ring (bicyclic) bond motifs is 1. The molecule has 0 aliphatic carbocycles. The first kappa shape index (κ1) is 17.7. The lowest BCUT2D eigenvalue weighted by molar-refractivity contribution is -0.118. The second-order valence-electron chi connectivity index (χ2n) is 6.87. The molecule has 27 heavy (non-hydrogen) atoms. The molecule has 1 N–H and O–H groups in total. The maximum Gasteiger partial charge on any atom is 0.289 e. The van der Waals surface area contributed by atoms with E-state index in [4.69, 9.17) is 4.74 Å². The number of rotatable bonds is 3. The molecule has 0 saturated carbocycles. The van der Waals surface area contributed by atoms with Crippen LogP contribution in [0.2, 0.25) is 0 Å². The molecular weight excluding hydrogens is 351 g/mol. The monoisotopic (exact) mass is 372 g/mol. The highest BCUT2D eigenvalue weighted by atomic mass is 19.1. The van der Waals surface area contributed by atoms with Crippen LogP contribution in [0.25, 0.3) is 0 Å². The molecule has 0 radical (unpaired) electrons. The molecule has 1 aromatic heterocycles. The topological polar surface area (TPSA) is 78.5 Å². The fraction of sp³-hybridized carbons (Fsp3) is 0.421. The number of anilines is 2. The Morgan fingerprint density at radius 1 is 1.33 bits per heavy atom. The Kier molecular flexibility index (Phi) is 4.65. The van der Waals surface area contributed by atoms with E-state index in [-0.39, 0.29) is 30.0 Å². The molecule has 0 unspecified atom stereocenters.